The maximum atomic E-state index is 4.47. The molecule has 0 aliphatic heterocycles. The maximum absolute atomic E-state index is 4.47. The van der Waals surface area contributed by atoms with Crippen LogP contribution in [-0.2, 0) is 20.0 Å². The van der Waals surface area contributed by atoms with Crippen LogP contribution in [0.1, 0.15) is 22.5 Å². The Bertz CT molecular complexity index is 709. The van der Waals surface area contributed by atoms with Crippen LogP contribution in [0, 0.1) is 13.8 Å². The van der Waals surface area contributed by atoms with Crippen LogP contribution in [-0.4, -0.2) is 41.3 Å². The summed E-state index contributed by atoms with van der Waals surface area (Å²) in [5.74, 6) is 0.900. The number of hydrogen-bond donors (Lipinski definition) is 1. The predicted octanol–water partition coefficient (Wildman–Crippen LogP) is 3.67. The highest BCUT2D eigenvalue weighted by atomic mass is 127. The van der Waals surface area contributed by atoms with Crippen molar-refractivity contribution in [3.05, 3.63) is 51.3 Å². The molecule has 138 valence electrons. The Balaban J connectivity index is 0.00000312. The first-order valence-corrected chi connectivity index (χ1v) is 8.87. The predicted molar refractivity (Wildman–Crippen MR) is 119 cm³/mol. The number of rotatable bonds is 5. The van der Waals surface area contributed by atoms with E-state index in [1.807, 2.05) is 18.8 Å². The van der Waals surface area contributed by atoms with Crippen LogP contribution in [0.25, 0.3) is 0 Å². The van der Waals surface area contributed by atoms with Gasteiger partial charge in [-0.3, -0.25) is 9.67 Å². The number of nitrogens with zero attached hydrogens (tertiary/aromatic N) is 4. The van der Waals surface area contributed by atoms with E-state index in [9.17, 15) is 0 Å². The molecule has 0 aliphatic rings. The largest absolute Gasteiger partial charge is 0.356 e. The van der Waals surface area contributed by atoms with Crippen LogP contribution < -0.4 is 5.32 Å². The van der Waals surface area contributed by atoms with Gasteiger partial charge in [-0.2, -0.15) is 5.10 Å². The minimum atomic E-state index is 0. The highest BCUT2D eigenvalue weighted by molar-refractivity contribution is 14.0. The Morgan fingerprint density at radius 2 is 1.92 bits per heavy atom. The van der Waals surface area contributed by atoms with Crippen molar-refractivity contribution < 1.29 is 0 Å². The van der Waals surface area contributed by atoms with Gasteiger partial charge in [0.25, 0.3) is 0 Å². The van der Waals surface area contributed by atoms with E-state index < -0.39 is 0 Å². The lowest BCUT2D eigenvalue weighted by molar-refractivity contribution is 0.477. The molecule has 2 aromatic rings. The third-order valence-corrected chi connectivity index (χ3v) is 4.75. The van der Waals surface area contributed by atoms with Crippen LogP contribution in [0.5, 0.6) is 0 Å². The molecule has 0 saturated heterocycles. The Hall–Kier alpha value is -1.09. The van der Waals surface area contributed by atoms with E-state index in [0.29, 0.717) is 0 Å². The monoisotopic (exact) mass is 519 g/mol. The zero-order valence-corrected chi connectivity index (χ0v) is 19.4. The number of guanidine groups is 1. The Labute approximate surface area is 176 Å². The second-order valence-electron chi connectivity index (χ2n) is 5.98. The number of aromatic nitrogens is 2. The summed E-state index contributed by atoms with van der Waals surface area (Å²) in [6, 6.07) is 8.37. The van der Waals surface area contributed by atoms with Gasteiger partial charge in [0.1, 0.15) is 0 Å². The van der Waals surface area contributed by atoms with Crippen molar-refractivity contribution in [3.63, 3.8) is 0 Å². The summed E-state index contributed by atoms with van der Waals surface area (Å²) in [5.41, 5.74) is 4.90. The summed E-state index contributed by atoms with van der Waals surface area (Å²) in [4.78, 5) is 6.52. The minimum Gasteiger partial charge on any atom is -0.356 e. The van der Waals surface area contributed by atoms with E-state index in [2.05, 4.69) is 81.4 Å². The summed E-state index contributed by atoms with van der Waals surface area (Å²) in [6.45, 7) is 5.84. The number of hydrogen-bond acceptors (Lipinski definition) is 2. The van der Waals surface area contributed by atoms with E-state index in [0.717, 1.165) is 35.6 Å². The molecule has 0 fully saturated rings. The molecule has 1 heterocycles. The van der Waals surface area contributed by atoms with Gasteiger partial charge in [0, 0.05) is 44.4 Å². The summed E-state index contributed by atoms with van der Waals surface area (Å²) in [5, 5.41) is 7.91. The summed E-state index contributed by atoms with van der Waals surface area (Å²) in [6.07, 6.45) is 0.941. The number of aliphatic imine (C=N–C) groups is 1. The zero-order valence-electron chi connectivity index (χ0n) is 15.5. The number of benzene rings is 1. The van der Waals surface area contributed by atoms with Crippen LogP contribution in [0.15, 0.2) is 33.7 Å². The topological polar surface area (TPSA) is 45.5 Å². The van der Waals surface area contributed by atoms with E-state index >= 15 is 0 Å². The number of nitrogens with one attached hydrogen (secondary N) is 1. The van der Waals surface area contributed by atoms with Crippen molar-refractivity contribution in [3.8, 4) is 0 Å². The lowest BCUT2D eigenvalue weighted by Crippen LogP contribution is -2.39. The molecule has 0 amide bonds. The smallest absolute Gasteiger partial charge is 0.193 e. The van der Waals surface area contributed by atoms with Gasteiger partial charge >= 0.3 is 0 Å². The average molecular weight is 520 g/mol. The number of aryl methyl sites for hydroxylation is 2. The fourth-order valence-electron chi connectivity index (χ4n) is 2.80. The molecule has 0 atom stereocenters. The Kier molecular flexibility index (Phi) is 8.92. The van der Waals surface area contributed by atoms with Gasteiger partial charge in [0.05, 0.1) is 5.69 Å². The number of halogens is 2. The van der Waals surface area contributed by atoms with Crippen molar-refractivity contribution >= 4 is 45.9 Å². The van der Waals surface area contributed by atoms with Crippen molar-refractivity contribution in [1.29, 1.82) is 0 Å². The maximum Gasteiger partial charge on any atom is 0.193 e. The highest BCUT2D eigenvalue weighted by Crippen LogP contribution is 2.13. The van der Waals surface area contributed by atoms with Crippen LogP contribution in [0.3, 0.4) is 0 Å². The molecule has 0 unspecified atom stereocenters. The molecule has 1 aromatic carbocycles. The summed E-state index contributed by atoms with van der Waals surface area (Å²) in [7, 11) is 5.86. The Morgan fingerprint density at radius 3 is 2.44 bits per heavy atom. The standard InChI is InChI=1S/C18H26BrN5.HI/c1-13-17(14(2)24(5)22-13)10-11-21-18(20-3)23(4)12-15-6-8-16(19)9-7-15;/h6-9H,10-12H2,1-5H3,(H,20,21);1H. The van der Waals surface area contributed by atoms with Crippen LogP contribution in [0.2, 0.25) is 0 Å². The molecule has 1 aromatic heterocycles. The SMILES string of the molecule is CN=C(NCCc1c(C)nn(C)c1C)N(C)Cc1ccc(Br)cc1.I. The lowest BCUT2D eigenvalue weighted by atomic mass is 10.1. The second-order valence-corrected chi connectivity index (χ2v) is 6.90. The van der Waals surface area contributed by atoms with Gasteiger partial charge in [-0.25, -0.2) is 0 Å². The van der Waals surface area contributed by atoms with Crippen molar-refractivity contribution in [1.82, 2.24) is 20.0 Å². The van der Waals surface area contributed by atoms with Crippen LogP contribution >= 0.6 is 39.9 Å². The first-order valence-electron chi connectivity index (χ1n) is 8.07. The third kappa shape index (κ3) is 5.99. The third-order valence-electron chi connectivity index (χ3n) is 4.22. The first kappa shape index (κ1) is 22.0. The van der Waals surface area contributed by atoms with Gasteiger partial charge in [0.15, 0.2) is 5.96 Å². The molecule has 5 nitrogen and oxygen atoms in total. The van der Waals surface area contributed by atoms with Gasteiger partial charge in [-0.05, 0) is 43.5 Å². The zero-order chi connectivity index (χ0) is 17.7. The fourth-order valence-corrected chi connectivity index (χ4v) is 3.07. The Morgan fingerprint density at radius 1 is 1.28 bits per heavy atom. The fraction of sp³-hybridized carbons (Fsp3) is 0.444. The van der Waals surface area contributed by atoms with Gasteiger partial charge in [-0.15, -0.1) is 24.0 Å². The van der Waals surface area contributed by atoms with E-state index in [1.165, 1.54) is 16.8 Å². The highest BCUT2D eigenvalue weighted by Gasteiger charge is 2.10. The minimum absolute atomic E-state index is 0. The normalized spacial score (nSPS) is 11.2. The quantitative estimate of drug-likeness (QED) is 0.372. The van der Waals surface area contributed by atoms with E-state index in [-0.39, 0.29) is 24.0 Å². The van der Waals surface area contributed by atoms with Crippen molar-refractivity contribution in [2.45, 2.75) is 26.8 Å². The molecular formula is C18H27BrIN5. The van der Waals surface area contributed by atoms with Gasteiger partial charge in [-0.1, -0.05) is 28.1 Å². The second kappa shape index (κ2) is 10.2. The molecule has 7 heteroatoms. The average Bonchev–Trinajstić information content (AvgIpc) is 2.79. The molecule has 0 saturated carbocycles. The molecule has 0 aliphatic carbocycles. The molecule has 25 heavy (non-hydrogen) atoms. The molecule has 1 N–H and O–H groups in total. The summed E-state index contributed by atoms with van der Waals surface area (Å²) >= 11 is 3.47. The van der Waals surface area contributed by atoms with Gasteiger partial charge < -0.3 is 10.2 Å². The molecule has 0 radical (unpaired) electrons. The summed E-state index contributed by atoms with van der Waals surface area (Å²) < 4.78 is 3.04. The first-order chi connectivity index (χ1) is 11.4. The van der Waals surface area contributed by atoms with Crippen LogP contribution in [0.4, 0.5) is 0 Å². The van der Waals surface area contributed by atoms with E-state index in [4.69, 9.17) is 0 Å². The molecule has 0 spiro atoms. The van der Waals surface area contributed by atoms with Crippen molar-refractivity contribution in [2.24, 2.45) is 12.0 Å². The van der Waals surface area contributed by atoms with Gasteiger partial charge in [0.2, 0.25) is 0 Å². The lowest BCUT2D eigenvalue weighted by Gasteiger charge is -2.22. The van der Waals surface area contributed by atoms with E-state index in [1.54, 1.807) is 0 Å². The molecule has 2 rings (SSSR count). The van der Waals surface area contributed by atoms with Crippen molar-refractivity contribution in [2.75, 3.05) is 20.6 Å². The molecule has 0 bridgehead atoms. The molecular weight excluding hydrogens is 493 g/mol.